The van der Waals surface area contributed by atoms with E-state index in [0.717, 1.165) is 22.9 Å². The van der Waals surface area contributed by atoms with Crippen LogP contribution in [0.25, 0.3) is 5.69 Å². The van der Waals surface area contributed by atoms with Crippen molar-refractivity contribution in [1.29, 1.82) is 0 Å². The number of rotatable bonds is 1. The fourth-order valence-electron chi connectivity index (χ4n) is 3.77. The number of halogens is 1. The van der Waals surface area contributed by atoms with Crippen LogP contribution in [-0.2, 0) is 14.8 Å². The Balaban J connectivity index is 1.92. The fourth-order valence-corrected chi connectivity index (χ4v) is 3.77. The van der Waals surface area contributed by atoms with E-state index in [1.165, 1.54) is 6.07 Å². The minimum absolute atomic E-state index is 0.341. The van der Waals surface area contributed by atoms with Crippen LogP contribution in [0.3, 0.4) is 0 Å². The Hall–Kier alpha value is -1.93. The third kappa shape index (κ3) is 2.46. The largest absolute Gasteiger partial charge is 0.495 e. The number of nitrogens with one attached hydrogen (secondary N) is 1. The Morgan fingerprint density at radius 3 is 2.22 bits per heavy atom. The lowest BCUT2D eigenvalue weighted by Gasteiger charge is -2.35. The average molecular weight is 372 g/mol. The quantitative estimate of drug-likeness (QED) is 0.780. The summed E-state index contributed by atoms with van der Waals surface area (Å²) in [6, 6.07) is 1.52. The second-order valence-electron chi connectivity index (χ2n) is 9.04. The van der Waals surface area contributed by atoms with E-state index in [4.69, 9.17) is 9.31 Å². The summed E-state index contributed by atoms with van der Waals surface area (Å²) in [6.07, 6.45) is 0. The molecule has 8 heteroatoms. The van der Waals surface area contributed by atoms with Gasteiger partial charge in [-0.15, -0.1) is 10.2 Å². The number of benzene rings is 1. The highest BCUT2D eigenvalue weighted by atomic mass is 19.1. The number of hydrogen-bond donors (Lipinski definition) is 1. The molecular weight excluding hydrogens is 346 g/mol. The van der Waals surface area contributed by atoms with Gasteiger partial charge in [-0.3, -0.25) is 4.57 Å². The molecule has 1 aromatic carbocycles. The van der Waals surface area contributed by atoms with Gasteiger partial charge in [0.25, 0.3) is 0 Å². The minimum atomic E-state index is -0.634. The number of fused-ring (bicyclic) bond motifs is 3. The number of nitrogens with zero attached hydrogens (tertiary/aromatic N) is 3. The van der Waals surface area contributed by atoms with E-state index in [-0.39, 0.29) is 5.82 Å². The highest BCUT2D eigenvalue weighted by Gasteiger charge is 2.52. The lowest BCUT2D eigenvalue weighted by Crippen LogP contribution is -2.41. The Morgan fingerprint density at radius 2 is 1.63 bits per heavy atom. The van der Waals surface area contributed by atoms with E-state index >= 15 is 4.39 Å². The summed E-state index contributed by atoms with van der Waals surface area (Å²) in [5, 5.41) is 11.8. The van der Waals surface area contributed by atoms with E-state index in [2.05, 4.69) is 15.5 Å². The second-order valence-corrected chi connectivity index (χ2v) is 9.04. The van der Waals surface area contributed by atoms with E-state index < -0.39 is 23.9 Å². The van der Waals surface area contributed by atoms with Crippen LogP contribution >= 0.6 is 0 Å². The summed E-state index contributed by atoms with van der Waals surface area (Å²) < 4.78 is 29.5. The summed E-state index contributed by atoms with van der Waals surface area (Å²) >= 11 is 0. The molecule has 1 fully saturated rings. The maximum Gasteiger partial charge on any atom is 0.495 e. The van der Waals surface area contributed by atoms with Crippen molar-refractivity contribution in [3.8, 4) is 5.69 Å². The number of anilines is 1. The van der Waals surface area contributed by atoms with Crippen LogP contribution in [0.2, 0.25) is 0 Å². The van der Waals surface area contributed by atoms with E-state index in [1.54, 1.807) is 0 Å². The van der Waals surface area contributed by atoms with Crippen LogP contribution in [0, 0.1) is 19.7 Å². The Bertz CT molecular complexity index is 936. The lowest BCUT2D eigenvalue weighted by molar-refractivity contribution is 0.00578. The van der Waals surface area contributed by atoms with Crippen molar-refractivity contribution in [2.75, 3.05) is 5.32 Å². The van der Waals surface area contributed by atoms with Gasteiger partial charge in [-0.1, -0.05) is 0 Å². The lowest BCUT2D eigenvalue weighted by atomic mass is 9.75. The van der Waals surface area contributed by atoms with Crippen molar-refractivity contribution < 1.29 is 13.7 Å². The van der Waals surface area contributed by atoms with Gasteiger partial charge in [-0.05, 0) is 72.5 Å². The van der Waals surface area contributed by atoms with Crippen molar-refractivity contribution in [2.24, 2.45) is 0 Å². The molecule has 1 aromatic heterocycles. The topological polar surface area (TPSA) is 61.2 Å². The summed E-state index contributed by atoms with van der Waals surface area (Å²) in [7, 11) is -0.634. The molecule has 0 aliphatic carbocycles. The zero-order valence-corrected chi connectivity index (χ0v) is 17.2. The fraction of sp³-hybridized carbons (Fsp3) is 0.579. The summed E-state index contributed by atoms with van der Waals surface area (Å²) in [4.78, 5) is 0. The minimum Gasteiger partial charge on any atom is -0.399 e. The molecule has 2 aliphatic heterocycles. The van der Waals surface area contributed by atoms with Gasteiger partial charge < -0.3 is 14.6 Å². The molecule has 0 radical (unpaired) electrons. The molecule has 0 amide bonds. The van der Waals surface area contributed by atoms with Crippen LogP contribution in [0.4, 0.5) is 10.1 Å². The molecule has 27 heavy (non-hydrogen) atoms. The molecule has 0 spiro atoms. The molecule has 0 unspecified atom stereocenters. The molecule has 3 heterocycles. The monoisotopic (exact) mass is 372 g/mol. The predicted molar refractivity (Wildman–Crippen MR) is 103 cm³/mol. The molecular formula is C19H26BFN4O2. The highest BCUT2D eigenvalue weighted by Crippen LogP contribution is 2.41. The number of aromatic nitrogens is 3. The van der Waals surface area contributed by atoms with Gasteiger partial charge in [-0.25, -0.2) is 4.39 Å². The summed E-state index contributed by atoms with van der Waals surface area (Å²) in [5.74, 6) is 1.13. The van der Waals surface area contributed by atoms with Crippen LogP contribution in [0.5, 0.6) is 0 Å². The van der Waals surface area contributed by atoms with Crippen molar-refractivity contribution in [3.05, 3.63) is 29.1 Å². The number of hydrogen-bond acceptors (Lipinski definition) is 5. The smallest absolute Gasteiger partial charge is 0.399 e. The summed E-state index contributed by atoms with van der Waals surface area (Å²) in [6.45, 7) is 15.7. The van der Waals surface area contributed by atoms with E-state index in [9.17, 15) is 0 Å². The standard InChI is InChI=1S/C19H26BFN4O2/c1-10-12(20-26-18(5,6)19(7,8)27-20)9-13(21)14-15(10)25-11(2)23-24-16(25)17(3,4)22-14/h9,22H,1-8H3. The van der Waals surface area contributed by atoms with Gasteiger partial charge in [0, 0.05) is 0 Å². The van der Waals surface area contributed by atoms with Gasteiger partial charge in [0.05, 0.1) is 28.1 Å². The Labute approximate surface area is 159 Å². The van der Waals surface area contributed by atoms with Crippen LogP contribution < -0.4 is 10.8 Å². The SMILES string of the molecule is Cc1c(B2OC(C)(C)C(C)(C)O2)cc(F)c2c1-n1c(C)nnc1C(C)(C)N2. The van der Waals surface area contributed by atoms with Crippen molar-refractivity contribution in [1.82, 2.24) is 14.8 Å². The van der Waals surface area contributed by atoms with Crippen molar-refractivity contribution in [2.45, 2.75) is 72.1 Å². The molecule has 1 saturated heterocycles. The maximum absolute atomic E-state index is 15.2. The molecule has 6 nitrogen and oxygen atoms in total. The third-order valence-corrected chi connectivity index (χ3v) is 6.10. The first-order valence-corrected chi connectivity index (χ1v) is 9.25. The van der Waals surface area contributed by atoms with Crippen molar-refractivity contribution >= 4 is 18.3 Å². The Kier molecular flexibility index (Phi) is 3.63. The highest BCUT2D eigenvalue weighted by molar-refractivity contribution is 6.62. The van der Waals surface area contributed by atoms with Gasteiger partial charge >= 0.3 is 7.12 Å². The normalized spacial score (nSPS) is 21.6. The van der Waals surface area contributed by atoms with Crippen molar-refractivity contribution in [3.63, 3.8) is 0 Å². The summed E-state index contributed by atoms with van der Waals surface area (Å²) in [5.41, 5.74) is 1.23. The molecule has 2 aliphatic rings. The van der Waals surface area contributed by atoms with Gasteiger partial charge in [0.15, 0.2) is 5.82 Å². The van der Waals surface area contributed by atoms with Gasteiger partial charge in [-0.2, -0.15) is 0 Å². The molecule has 4 rings (SSSR count). The maximum atomic E-state index is 15.2. The first-order chi connectivity index (χ1) is 12.4. The molecule has 0 bridgehead atoms. The van der Waals surface area contributed by atoms with Crippen LogP contribution in [0.15, 0.2) is 6.07 Å². The molecule has 0 saturated carbocycles. The first-order valence-electron chi connectivity index (χ1n) is 9.25. The van der Waals surface area contributed by atoms with E-state index in [0.29, 0.717) is 11.2 Å². The zero-order valence-electron chi connectivity index (χ0n) is 17.2. The molecule has 144 valence electrons. The molecule has 2 aromatic rings. The average Bonchev–Trinajstić information content (AvgIpc) is 3.01. The van der Waals surface area contributed by atoms with E-state index in [1.807, 2.05) is 60.0 Å². The Morgan fingerprint density at radius 1 is 1.04 bits per heavy atom. The predicted octanol–water partition coefficient (Wildman–Crippen LogP) is 2.98. The van der Waals surface area contributed by atoms with Crippen LogP contribution in [0.1, 0.15) is 58.8 Å². The van der Waals surface area contributed by atoms with Crippen LogP contribution in [-0.4, -0.2) is 33.1 Å². The second kappa shape index (κ2) is 5.32. The molecule has 0 atom stereocenters. The third-order valence-electron chi connectivity index (χ3n) is 6.10. The first kappa shape index (κ1) is 18.4. The van der Waals surface area contributed by atoms with Gasteiger partial charge in [0.2, 0.25) is 0 Å². The van der Waals surface area contributed by atoms with Gasteiger partial charge in [0.1, 0.15) is 11.6 Å². The number of aryl methyl sites for hydroxylation is 1. The zero-order chi connectivity index (χ0) is 19.9. The molecule has 1 N–H and O–H groups in total.